The number of thiophene rings is 1. The molecular formula is C6H5IS. The summed E-state index contributed by atoms with van der Waals surface area (Å²) < 4.78 is 1.29. The van der Waals surface area contributed by atoms with Gasteiger partial charge in [0.15, 0.2) is 0 Å². The van der Waals surface area contributed by atoms with E-state index < -0.39 is 0 Å². The first-order valence-corrected chi connectivity index (χ1v) is 4.16. The van der Waals surface area contributed by atoms with Crippen molar-refractivity contribution in [3.63, 3.8) is 0 Å². The van der Waals surface area contributed by atoms with Crippen LogP contribution in [-0.4, -0.2) is 0 Å². The van der Waals surface area contributed by atoms with E-state index in [0.29, 0.717) is 0 Å². The van der Waals surface area contributed by atoms with Crippen LogP contribution in [0.4, 0.5) is 0 Å². The molecule has 0 unspecified atom stereocenters. The van der Waals surface area contributed by atoms with E-state index in [2.05, 4.69) is 40.6 Å². The van der Waals surface area contributed by atoms with Gasteiger partial charge in [0.25, 0.3) is 0 Å². The van der Waals surface area contributed by atoms with Crippen LogP contribution in [0.1, 0.15) is 4.88 Å². The zero-order valence-corrected chi connectivity index (χ0v) is 7.20. The third-order valence-corrected chi connectivity index (χ3v) is 3.05. The highest BCUT2D eigenvalue weighted by molar-refractivity contribution is 14.1. The van der Waals surface area contributed by atoms with E-state index in [1.54, 1.807) is 11.3 Å². The minimum Gasteiger partial charge on any atom is -0.143 e. The van der Waals surface area contributed by atoms with E-state index >= 15 is 0 Å². The van der Waals surface area contributed by atoms with E-state index in [1.807, 2.05) is 6.08 Å². The van der Waals surface area contributed by atoms with Gasteiger partial charge in [-0.25, -0.2) is 0 Å². The van der Waals surface area contributed by atoms with Crippen molar-refractivity contribution in [3.8, 4) is 0 Å². The Morgan fingerprint density at radius 2 is 2.50 bits per heavy atom. The zero-order valence-electron chi connectivity index (χ0n) is 4.23. The van der Waals surface area contributed by atoms with Gasteiger partial charge in [0, 0.05) is 8.45 Å². The summed E-state index contributed by atoms with van der Waals surface area (Å²) in [6, 6.07) is 2.09. The van der Waals surface area contributed by atoms with Gasteiger partial charge in [0.2, 0.25) is 0 Å². The second-order valence-electron chi connectivity index (χ2n) is 1.34. The minimum absolute atomic E-state index is 1.27. The molecule has 0 aliphatic carbocycles. The van der Waals surface area contributed by atoms with Gasteiger partial charge in [-0.2, -0.15) is 0 Å². The lowest BCUT2D eigenvalue weighted by molar-refractivity contribution is 1.84. The van der Waals surface area contributed by atoms with E-state index in [-0.39, 0.29) is 0 Å². The third-order valence-electron chi connectivity index (χ3n) is 0.830. The highest BCUT2D eigenvalue weighted by Crippen LogP contribution is 2.18. The molecule has 1 aromatic rings. The molecule has 1 aromatic heterocycles. The molecule has 2 heteroatoms. The summed E-state index contributed by atoms with van der Waals surface area (Å²) >= 11 is 4.02. The normalized spacial score (nSPS) is 9.12. The Balaban J connectivity index is 3.09. The number of hydrogen-bond acceptors (Lipinski definition) is 1. The highest BCUT2D eigenvalue weighted by atomic mass is 127. The average molecular weight is 236 g/mol. The van der Waals surface area contributed by atoms with Crippen molar-refractivity contribution in [2.45, 2.75) is 0 Å². The van der Waals surface area contributed by atoms with Crippen molar-refractivity contribution in [3.05, 3.63) is 26.5 Å². The lowest BCUT2D eigenvalue weighted by Crippen LogP contribution is -1.60. The number of halogens is 1. The standard InChI is InChI=1S/C6H5IS/c1-2-6-5(7)3-4-8-6/h2-4H,1H2. The summed E-state index contributed by atoms with van der Waals surface area (Å²) in [6.07, 6.45) is 1.88. The minimum atomic E-state index is 1.27. The fourth-order valence-corrected chi connectivity index (χ4v) is 2.10. The molecule has 0 spiro atoms. The maximum atomic E-state index is 3.67. The van der Waals surface area contributed by atoms with Crippen LogP contribution in [0.15, 0.2) is 18.0 Å². The fourth-order valence-electron chi connectivity index (χ4n) is 0.451. The lowest BCUT2D eigenvalue weighted by atomic mass is 10.5. The molecule has 0 saturated heterocycles. The van der Waals surface area contributed by atoms with Gasteiger partial charge in [-0.15, -0.1) is 11.3 Å². The van der Waals surface area contributed by atoms with E-state index in [0.717, 1.165) is 0 Å². The molecule has 1 heterocycles. The molecule has 0 aromatic carbocycles. The molecule has 0 amide bonds. The van der Waals surface area contributed by atoms with Crippen molar-refractivity contribution in [1.29, 1.82) is 0 Å². The molecule has 0 fully saturated rings. The number of rotatable bonds is 1. The van der Waals surface area contributed by atoms with Gasteiger partial charge >= 0.3 is 0 Å². The van der Waals surface area contributed by atoms with Crippen molar-refractivity contribution >= 4 is 40.0 Å². The third kappa shape index (κ3) is 1.11. The van der Waals surface area contributed by atoms with Gasteiger partial charge in [-0.3, -0.25) is 0 Å². The molecule has 0 radical (unpaired) electrons. The summed E-state index contributed by atoms with van der Waals surface area (Å²) in [5.41, 5.74) is 0. The Hall–Kier alpha value is 0.170. The summed E-state index contributed by atoms with van der Waals surface area (Å²) in [7, 11) is 0. The lowest BCUT2D eigenvalue weighted by Gasteiger charge is -1.80. The van der Waals surface area contributed by atoms with Crippen LogP contribution in [-0.2, 0) is 0 Å². The smallest absolute Gasteiger partial charge is 0.0397 e. The van der Waals surface area contributed by atoms with E-state index in [1.165, 1.54) is 8.45 Å². The molecule has 1 rings (SSSR count). The largest absolute Gasteiger partial charge is 0.143 e. The van der Waals surface area contributed by atoms with Gasteiger partial charge in [-0.1, -0.05) is 12.7 Å². The first-order valence-electron chi connectivity index (χ1n) is 2.20. The van der Waals surface area contributed by atoms with E-state index in [9.17, 15) is 0 Å². The first-order chi connectivity index (χ1) is 3.84. The molecule has 0 N–H and O–H groups in total. The molecule has 0 saturated carbocycles. The average Bonchev–Trinajstić information content (AvgIpc) is 2.14. The van der Waals surface area contributed by atoms with Crippen LogP contribution in [0.25, 0.3) is 6.08 Å². The van der Waals surface area contributed by atoms with Crippen LogP contribution >= 0.6 is 33.9 Å². The summed E-state index contributed by atoms with van der Waals surface area (Å²) in [6.45, 7) is 3.67. The SMILES string of the molecule is C=Cc1sccc1I. The van der Waals surface area contributed by atoms with Crippen molar-refractivity contribution in [2.24, 2.45) is 0 Å². The molecule has 0 bridgehead atoms. The van der Waals surface area contributed by atoms with Gasteiger partial charge in [0.05, 0.1) is 0 Å². The quantitative estimate of drug-likeness (QED) is 0.657. The Kier molecular flexibility index (Phi) is 2.08. The van der Waals surface area contributed by atoms with E-state index in [4.69, 9.17) is 0 Å². The molecule has 42 valence electrons. The summed E-state index contributed by atoms with van der Waals surface area (Å²) in [5.74, 6) is 0. The monoisotopic (exact) mass is 236 g/mol. The molecule has 0 aliphatic heterocycles. The Morgan fingerprint density at radius 1 is 1.75 bits per heavy atom. The molecule has 0 aliphatic rings. The topological polar surface area (TPSA) is 0 Å². The van der Waals surface area contributed by atoms with Gasteiger partial charge in [0.1, 0.15) is 0 Å². The first kappa shape index (κ1) is 6.29. The van der Waals surface area contributed by atoms with Crippen LogP contribution < -0.4 is 0 Å². The zero-order chi connectivity index (χ0) is 5.98. The van der Waals surface area contributed by atoms with Crippen LogP contribution in [0, 0.1) is 3.57 Å². The summed E-state index contributed by atoms with van der Waals surface area (Å²) in [5, 5.41) is 2.07. The van der Waals surface area contributed by atoms with Crippen LogP contribution in [0.5, 0.6) is 0 Å². The van der Waals surface area contributed by atoms with Crippen LogP contribution in [0.3, 0.4) is 0 Å². The van der Waals surface area contributed by atoms with Crippen molar-refractivity contribution < 1.29 is 0 Å². The highest BCUT2D eigenvalue weighted by Gasteiger charge is 1.91. The number of hydrogen-bond donors (Lipinski definition) is 0. The Morgan fingerprint density at radius 3 is 2.75 bits per heavy atom. The predicted molar refractivity (Wildman–Crippen MR) is 47.1 cm³/mol. The second-order valence-corrected chi connectivity index (χ2v) is 3.45. The van der Waals surface area contributed by atoms with Crippen LogP contribution in [0.2, 0.25) is 0 Å². The maximum absolute atomic E-state index is 3.67. The second kappa shape index (κ2) is 2.64. The van der Waals surface area contributed by atoms with Gasteiger partial charge in [-0.05, 0) is 34.0 Å². The Bertz CT molecular complexity index is 190. The molecule has 0 nitrogen and oxygen atoms in total. The van der Waals surface area contributed by atoms with Crippen molar-refractivity contribution in [2.75, 3.05) is 0 Å². The molecule has 0 atom stereocenters. The van der Waals surface area contributed by atoms with Gasteiger partial charge < -0.3 is 0 Å². The summed E-state index contributed by atoms with van der Waals surface area (Å²) in [4.78, 5) is 1.27. The molecule has 8 heavy (non-hydrogen) atoms. The Labute approximate surface area is 66.4 Å². The molecular weight excluding hydrogens is 231 g/mol. The van der Waals surface area contributed by atoms with Crippen molar-refractivity contribution in [1.82, 2.24) is 0 Å². The maximum Gasteiger partial charge on any atom is 0.0397 e. The fraction of sp³-hybridized carbons (Fsp3) is 0. The predicted octanol–water partition coefficient (Wildman–Crippen LogP) is 3.00.